The molecule has 3 rings (SSSR count). The number of pyridine rings is 1. The summed E-state index contributed by atoms with van der Waals surface area (Å²) in [5.74, 6) is 0.135. The van der Waals surface area contributed by atoms with Crippen molar-refractivity contribution in [2.75, 3.05) is 0 Å². The Kier molecular flexibility index (Phi) is 5.36. The standard InChI is InChI=1S/C19H13Cl2N3O3/c1-11-14(8-22)18(25)24(10-13-3-2-6-27-13)19(26)15(11)9-23-17-7-12(20)4-5-16(17)21/h2-7,9,26H,10H2,1H3. The van der Waals surface area contributed by atoms with Gasteiger partial charge in [-0.25, -0.2) is 0 Å². The van der Waals surface area contributed by atoms with E-state index >= 15 is 0 Å². The van der Waals surface area contributed by atoms with Crippen molar-refractivity contribution in [3.05, 3.63) is 79.4 Å². The van der Waals surface area contributed by atoms with Crippen molar-refractivity contribution in [2.45, 2.75) is 13.5 Å². The van der Waals surface area contributed by atoms with Crippen LogP contribution < -0.4 is 5.56 Å². The predicted molar refractivity (Wildman–Crippen MR) is 103 cm³/mol. The average Bonchev–Trinajstić information content (AvgIpc) is 3.15. The summed E-state index contributed by atoms with van der Waals surface area (Å²) in [5, 5.41) is 20.8. The Hall–Kier alpha value is -3.01. The fourth-order valence-corrected chi connectivity index (χ4v) is 2.88. The van der Waals surface area contributed by atoms with Crippen LogP contribution in [0.1, 0.15) is 22.5 Å². The summed E-state index contributed by atoms with van der Waals surface area (Å²) in [6, 6.07) is 10.0. The number of aromatic hydroxyl groups is 1. The van der Waals surface area contributed by atoms with Crippen molar-refractivity contribution in [3.63, 3.8) is 0 Å². The van der Waals surface area contributed by atoms with Crippen LogP contribution in [0.2, 0.25) is 10.0 Å². The van der Waals surface area contributed by atoms with Gasteiger partial charge in [0.05, 0.1) is 29.1 Å². The van der Waals surface area contributed by atoms with Crippen LogP contribution in [0.4, 0.5) is 5.69 Å². The Morgan fingerprint density at radius 1 is 1.37 bits per heavy atom. The van der Waals surface area contributed by atoms with Gasteiger partial charge in [0.25, 0.3) is 5.56 Å². The molecule has 0 spiro atoms. The minimum atomic E-state index is -0.609. The van der Waals surface area contributed by atoms with Gasteiger partial charge in [0, 0.05) is 11.2 Å². The van der Waals surface area contributed by atoms with Crippen molar-refractivity contribution in [3.8, 4) is 11.9 Å². The van der Waals surface area contributed by atoms with E-state index in [0.717, 1.165) is 4.57 Å². The molecule has 0 radical (unpaired) electrons. The molecular formula is C19H13Cl2N3O3. The monoisotopic (exact) mass is 401 g/mol. The highest BCUT2D eigenvalue weighted by atomic mass is 35.5. The zero-order valence-corrected chi connectivity index (χ0v) is 15.6. The molecule has 27 heavy (non-hydrogen) atoms. The molecule has 136 valence electrons. The van der Waals surface area contributed by atoms with Crippen molar-refractivity contribution in [2.24, 2.45) is 4.99 Å². The lowest BCUT2D eigenvalue weighted by molar-refractivity contribution is 0.397. The first-order valence-electron chi connectivity index (χ1n) is 7.80. The highest BCUT2D eigenvalue weighted by molar-refractivity contribution is 6.35. The molecule has 1 aromatic carbocycles. The van der Waals surface area contributed by atoms with Crippen LogP contribution >= 0.6 is 23.2 Å². The molecular weight excluding hydrogens is 389 g/mol. The summed E-state index contributed by atoms with van der Waals surface area (Å²) < 4.78 is 6.29. The van der Waals surface area contributed by atoms with Gasteiger partial charge in [0.1, 0.15) is 17.4 Å². The van der Waals surface area contributed by atoms with Crippen molar-refractivity contribution in [1.82, 2.24) is 4.57 Å². The van der Waals surface area contributed by atoms with Gasteiger partial charge in [-0.05, 0) is 42.8 Å². The van der Waals surface area contributed by atoms with Crippen LogP contribution in [0, 0.1) is 18.3 Å². The molecule has 0 fully saturated rings. The van der Waals surface area contributed by atoms with E-state index in [1.807, 2.05) is 6.07 Å². The summed E-state index contributed by atoms with van der Waals surface area (Å²) in [5.41, 5.74) is 0.247. The molecule has 3 aromatic rings. The predicted octanol–water partition coefficient (Wildman–Crippen LogP) is 4.43. The van der Waals surface area contributed by atoms with Crippen LogP contribution in [0.5, 0.6) is 5.88 Å². The number of aromatic nitrogens is 1. The normalized spacial score (nSPS) is 11.0. The van der Waals surface area contributed by atoms with Crippen LogP contribution in [0.15, 0.2) is 50.8 Å². The van der Waals surface area contributed by atoms with Crippen LogP contribution in [0.25, 0.3) is 0 Å². The average molecular weight is 402 g/mol. The lowest BCUT2D eigenvalue weighted by Crippen LogP contribution is -2.25. The van der Waals surface area contributed by atoms with Crippen molar-refractivity contribution < 1.29 is 9.52 Å². The number of rotatable bonds is 4. The fraction of sp³-hybridized carbons (Fsp3) is 0.105. The van der Waals surface area contributed by atoms with E-state index in [1.54, 1.807) is 37.3 Å². The topological polar surface area (TPSA) is 91.5 Å². The van der Waals surface area contributed by atoms with Gasteiger partial charge in [-0.2, -0.15) is 5.26 Å². The largest absolute Gasteiger partial charge is 0.494 e. The van der Waals surface area contributed by atoms with Gasteiger partial charge in [0.2, 0.25) is 5.88 Å². The molecule has 1 N–H and O–H groups in total. The first-order chi connectivity index (χ1) is 12.9. The number of hydrogen-bond acceptors (Lipinski definition) is 5. The molecule has 0 atom stereocenters. The van der Waals surface area contributed by atoms with Gasteiger partial charge in [-0.1, -0.05) is 23.2 Å². The minimum Gasteiger partial charge on any atom is -0.494 e. The summed E-state index contributed by atoms with van der Waals surface area (Å²) in [6.07, 6.45) is 2.81. The van der Waals surface area contributed by atoms with E-state index in [1.165, 1.54) is 12.5 Å². The molecule has 0 saturated heterocycles. The number of furan rings is 1. The fourth-order valence-electron chi connectivity index (χ4n) is 2.55. The second kappa shape index (κ2) is 7.70. The zero-order valence-electron chi connectivity index (χ0n) is 14.1. The second-order valence-electron chi connectivity index (χ2n) is 5.67. The highest BCUT2D eigenvalue weighted by Crippen LogP contribution is 2.29. The molecule has 0 aliphatic rings. The third-order valence-electron chi connectivity index (χ3n) is 3.98. The quantitative estimate of drug-likeness (QED) is 0.654. The molecule has 8 heteroatoms. The molecule has 6 nitrogen and oxygen atoms in total. The van der Waals surface area contributed by atoms with E-state index in [9.17, 15) is 15.2 Å². The molecule has 0 aliphatic heterocycles. The van der Waals surface area contributed by atoms with E-state index in [4.69, 9.17) is 27.6 Å². The molecule has 0 amide bonds. The Morgan fingerprint density at radius 2 is 2.15 bits per heavy atom. The summed E-state index contributed by atoms with van der Waals surface area (Å²) in [6.45, 7) is 1.54. The molecule has 0 unspecified atom stereocenters. The number of aliphatic imine (C=N–C) groups is 1. The van der Waals surface area contributed by atoms with E-state index < -0.39 is 5.56 Å². The lowest BCUT2D eigenvalue weighted by Gasteiger charge is -2.13. The summed E-state index contributed by atoms with van der Waals surface area (Å²) in [4.78, 5) is 16.8. The SMILES string of the molecule is Cc1c(C=Nc2cc(Cl)ccc2Cl)c(O)n(Cc2ccco2)c(=O)c1C#N. The van der Waals surface area contributed by atoms with E-state index in [2.05, 4.69) is 4.99 Å². The Bertz CT molecular complexity index is 1130. The number of hydrogen-bond donors (Lipinski definition) is 1. The van der Waals surface area contributed by atoms with Gasteiger partial charge < -0.3 is 9.52 Å². The van der Waals surface area contributed by atoms with Gasteiger partial charge in [-0.15, -0.1) is 0 Å². The molecule has 2 aromatic heterocycles. The first kappa shape index (κ1) is 18.8. The molecule has 2 heterocycles. The van der Waals surface area contributed by atoms with Crippen LogP contribution in [0.3, 0.4) is 0 Å². The Balaban J connectivity index is 2.14. The molecule has 0 aliphatic carbocycles. The highest BCUT2D eigenvalue weighted by Gasteiger charge is 2.19. The number of benzene rings is 1. The zero-order chi connectivity index (χ0) is 19.6. The van der Waals surface area contributed by atoms with E-state index in [-0.39, 0.29) is 23.6 Å². The van der Waals surface area contributed by atoms with E-state index in [0.29, 0.717) is 27.1 Å². The van der Waals surface area contributed by atoms with Gasteiger partial charge in [-0.3, -0.25) is 14.4 Å². The van der Waals surface area contributed by atoms with Crippen molar-refractivity contribution in [1.29, 1.82) is 5.26 Å². The third kappa shape index (κ3) is 3.75. The lowest BCUT2D eigenvalue weighted by atomic mass is 10.1. The van der Waals surface area contributed by atoms with Crippen molar-refractivity contribution >= 4 is 35.1 Å². The maximum Gasteiger partial charge on any atom is 0.271 e. The maximum atomic E-state index is 12.5. The number of nitrogens with zero attached hydrogens (tertiary/aromatic N) is 3. The molecule has 0 saturated carbocycles. The minimum absolute atomic E-state index is 0.0224. The molecule has 0 bridgehead atoms. The Labute approximate surface area is 164 Å². The maximum absolute atomic E-state index is 12.5. The smallest absolute Gasteiger partial charge is 0.271 e. The Morgan fingerprint density at radius 3 is 2.81 bits per heavy atom. The van der Waals surface area contributed by atoms with Gasteiger partial charge in [0.15, 0.2) is 0 Å². The van der Waals surface area contributed by atoms with Crippen LogP contribution in [-0.4, -0.2) is 15.9 Å². The summed E-state index contributed by atoms with van der Waals surface area (Å²) in [7, 11) is 0. The number of nitriles is 1. The van der Waals surface area contributed by atoms with Crippen LogP contribution in [-0.2, 0) is 6.54 Å². The van der Waals surface area contributed by atoms with Gasteiger partial charge >= 0.3 is 0 Å². The first-order valence-corrected chi connectivity index (χ1v) is 8.56. The second-order valence-corrected chi connectivity index (χ2v) is 6.52. The number of halogens is 2. The summed E-state index contributed by atoms with van der Waals surface area (Å²) >= 11 is 12.1. The third-order valence-corrected chi connectivity index (χ3v) is 4.54.